The van der Waals surface area contributed by atoms with E-state index in [0.29, 0.717) is 29.0 Å². The standard InChI is InChI=1S/C25H24N2O3S2/c1-18-9-12-21(13-10-18)31-23-14-11-20(30-23)17-22-24(28)27(15-6-16-29-2)25(32-22)26-19-7-4-3-5-8-19/h3-5,7-14,17H,6,15-16H2,1-2H3/b22-17-,26-25?. The van der Waals surface area contributed by atoms with Crippen LogP contribution in [0.1, 0.15) is 17.7 Å². The van der Waals surface area contributed by atoms with E-state index in [4.69, 9.17) is 14.1 Å². The average molecular weight is 465 g/mol. The Hall–Kier alpha value is -2.74. The van der Waals surface area contributed by atoms with Crippen molar-refractivity contribution in [2.24, 2.45) is 4.99 Å². The minimum Gasteiger partial charge on any atom is -0.450 e. The minimum absolute atomic E-state index is 0.0649. The highest BCUT2D eigenvalue weighted by atomic mass is 32.2. The first-order valence-corrected chi connectivity index (χ1v) is 11.9. The SMILES string of the molecule is COCCCN1C(=O)/C(=C/c2ccc(Sc3ccc(C)cc3)o2)SC1=Nc1ccccc1. The number of nitrogens with zero attached hydrogens (tertiary/aromatic N) is 2. The van der Waals surface area contributed by atoms with E-state index < -0.39 is 0 Å². The summed E-state index contributed by atoms with van der Waals surface area (Å²) in [5.74, 6) is 0.582. The third kappa shape index (κ3) is 5.73. The molecule has 0 radical (unpaired) electrons. The van der Waals surface area contributed by atoms with Crippen molar-refractivity contribution in [1.82, 2.24) is 4.90 Å². The Morgan fingerprint density at radius 3 is 2.62 bits per heavy atom. The molecule has 1 fully saturated rings. The topological polar surface area (TPSA) is 55.0 Å². The van der Waals surface area contributed by atoms with Gasteiger partial charge in [0.15, 0.2) is 10.3 Å². The van der Waals surface area contributed by atoms with E-state index in [2.05, 4.69) is 31.2 Å². The fourth-order valence-corrected chi connectivity index (χ4v) is 4.87. The fourth-order valence-electron chi connectivity index (χ4n) is 3.09. The highest BCUT2D eigenvalue weighted by Crippen LogP contribution is 2.36. The summed E-state index contributed by atoms with van der Waals surface area (Å²) >= 11 is 2.93. The number of aliphatic imine (C=N–C) groups is 1. The Bertz CT molecular complexity index is 1120. The highest BCUT2D eigenvalue weighted by molar-refractivity contribution is 8.18. The van der Waals surface area contributed by atoms with Crippen LogP contribution in [0.2, 0.25) is 0 Å². The molecule has 0 aliphatic carbocycles. The molecule has 2 aromatic carbocycles. The predicted octanol–water partition coefficient (Wildman–Crippen LogP) is 6.38. The van der Waals surface area contributed by atoms with Gasteiger partial charge in [0, 0.05) is 31.2 Å². The molecule has 0 N–H and O–H groups in total. The van der Waals surface area contributed by atoms with Gasteiger partial charge in [-0.25, -0.2) is 4.99 Å². The molecule has 3 aromatic rings. The summed E-state index contributed by atoms with van der Waals surface area (Å²) < 4.78 is 11.1. The molecule has 1 saturated heterocycles. The van der Waals surface area contributed by atoms with E-state index in [-0.39, 0.29) is 5.91 Å². The van der Waals surface area contributed by atoms with E-state index >= 15 is 0 Å². The summed E-state index contributed by atoms with van der Waals surface area (Å²) in [6.45, 7) is 3.20. The largest absolute Gasteiger partial charge is 0.450 e. The summed E-state index contributed by atoms with van der Waals surface area (Å²) in [5.41, 5.74) is 2.04. The minimum atomic E-state index is -0.0649. The molecule has 1 aliphatic rings. The van der Waals surface area contributed by atoms with Crippen molar-refractivity contribution in [3.8, 4) is 0 Å². The highest BCUT2D eigenvalue weighted by Gasteiger charge is 2.33. The van der Waals surface area contributed by atoms with Crippen LogP contribution < -0.4 is 0 Å². The Kier molecular flexibility index (Phi) is 7.52. The zero-order chi connectivity index (χ0) is 22.3. The monoisotopic (exact) mass is 464 g/mol. The molecule has 0 saturated carbocycles. The van der Waals surface area contributed by atoms with E-state index in [1.807, 2.05) is 42.5 Å². The molecule has 32 heavy (non-hydrogen) atoms. The first-order valence-electron chi connectivity index (χ1n) is 10.3. The number of aryl methyl sites for hydroxylation is 1. The quantitative estimate of drug-likeness (QED) is 0.286. The Labute approximate surface area is 196 Å². The van der Waals surface area contributed by atoms with Crippen LogP contribution in [0.15, 0.2) is 91.0 Å². The average Bonchev–Trinajstić information content (AvgIpc) is 3.35. The van der Waals surface area contributed by atoms with Crippen molar-refractivity contribution in [1.29, 1.82) is 0 Å². The fraction of sp³-hybridized carbons (Fsp3) is 0.200. The van der Waals surface area contributed by atoms with Crippen molar-refractivity contribution >= 4 is 46.4 Å². The number of hydrogen-bond acceptors (Lipinski definition) is 6. The van der Waals surface area contributed by atoms with Gasteiger partial charge in [-0.15, -0.1) is 0 Å². The number of carbonyl (C=O) groups excluding carboxylic acids is 1. The van der Waals surface area contributed by atoms with Gasteiger partial charge in [0.25, 0.3) is 5.91 Å². The normalized spacial score (nSPS) is 16.4. The number of benzene rings is 2. The van der Waals surface area contributed by atoms with E-state index in [9.17, 15) is 4.79 Å². The van der Waals surface area contributed by atoms with Gasteiger partial charge in [-0.05, 0) is 61.5 Å². The third-order valence-electron chi connectivity index (χ3n) is 4.71. The number of rotatable bonds is 8. The van der Waals surface area contributed by atoms with Crippen LogP contribution in [0.3, 0.4) is 0 Å². The third-order valence-corrected chi connectivity index (χ3v) is 6.65. The number of carbonyl (C=O) groups is 1. The van der Waals surface area contributed by atoms with Gasteiger partial charge in [0.05, 0.1) is 10.6 Å². The van der Waals surface area contributed by atoms with Crippen LogP contribution in [0.25, 0.3) is 6.08 Å². The maximum atomic E-state index is 13.1. The predicted molar refractivity (Wildman–Crippen MR) is 131 cm³/mol. The van der Waals surface area contributed by atoms with Crippen LogP contribution >= 0.6 is 23.5 Å². The van der Waals surface area contributed by atoms with E-state index in [1.165, 1.54) is 17.3 Å². The van der Waals surface area contributed by atoms with E-state index in [1.54, 1.807) is 29.8 Å². The summed E-state index contributed by atoms with van der Waals surface area (Å²) in [5, 5.41) is 1.45. The molecule has 5 nitrogen and oxygen atoms in total. The number of amidine groups is 1. The number of hydrogen-bond donors (Lipinski definition) is 0. The van der Waals surface area contributed by atoms with Gasteiger partial charge in [-0.2, -0.15) is 0 Å². The van der Waals surface area contributed by atoms with Crippen molar-refractivity contribution in [3.05, 3.63) is 83.0 Å². The van der Waals surface area contributed by atoms with Gasteiger partial charge in [0.2, 0.25) is 0 Å². The Balaban J connectivity index is 1.53. The van der Waals surface area contributed by atoms with Crippen LogP contribution in [0.5, 0.6) is 0 Å². The lowest BCUT2D eigenvalue weighted by molar-refractivity contribution is -0.122. The Morgan fingerprint density at radius 2 is 1.88 bits per heavy atom. The molecule has 7 heteroatoms. The molecule has 0 atom stereocenters. The summed E-state index contributed by atoms with van der Waals surface area (Å²) in [4.78, 5) is 21.2. The molecule has 0 unspecified atom stereocenters. The zero-order valence-corrected chi connectivity index (χ0v) is 19.6. The first-order chi connectivity index (χ1) is 15.6. The second kappa shape index (κ2) is 10.7. The molecule has 164 valence electrons. The lowest BCUT2D eigenvalue weighted by Gasteiger charge is -2.15. The number of thioether (sulfide) groups is 1. The number of methoxy groups -OCH3 is 1. The molecule has 1 aliphatic heterocycles. The number of amides is 1. The van der Waals surface area contributed by atoms with Gasteiger partial charge >= 0.3 is 0 Å². The lowest BCUT2D eigenvalue weighted by atomic mass is 10.2. The molecule has 4 rings (SSSR count). The smallest absolute Gasteiger partial charge is 0.266 e. The van der Waals surface area contributed by atoms with Gasteiger partial charge in [-0.3, -0.25) is 9.69 Å². The first kappa shape index (κ1) is 22.5. The second-order valence-electron chi connectivity index (χ2n) is 7.22. The van der Waals surface area contributed by atoms with Crippen molar-refractivity contribution in [3.63, 3.8) is 0 Å². The summed E-state index contributed by atoms with van der Waals surface area (Å²) in [6, 6.07) is 21.8. The Morgan fingerprint density at radius 1 is 1.09 bits per heavy atom. The molecule has 0 bridgehead atoms. The maximum Gasteiger partial charge on any atom is 0.266 e. The molecular formula is C25H24N2O3S2. The molecular weight excluding hydrogens is 440 g/mol. The lowest BCUT2D eigenvalue weighted by Crippen LogP contribution is -2.30. The van der Waals surface area contributed by atoms with Gasteiger partial charge in [-0.1, -0.05) is 47.7 Å². The molecule has 0 spiro atoms. The van der Waals surface area contributed by atoms with Crippen molar-refractivity contribution in [2.45, 2.75) is 23.3 Å². The number of furan rings is 1. The van der Waals surface area contributed by atoms with Gasteiger partial charge < -0.3 is 9.15 Å². The number of para-hydroxylation sites is 1. The van der Waals surface area contributed by atoms with E-state index in [0.717, 1.165) is 22.1 Å². The molecule has 2 heterocycles. The summed E-state index contributed by atoms with van der Waals surface area (Å²) in [7, 11) is 1.66. The summed E-state index contributed by atoms with van der Waals surface area (Å²) in [6.07, 6.45) is 2.53. The zero-order valence-electron chi connectivity index (χ0n) is 18.0. The van der Waals surface area contributed by atoms with Crippen molar-refractivity contribution in [2.75, 3.05) is 20.3 Å². The van der Waals surface area contributed by atoms with Crippen LogP contribution in [0.4, 0.5) is 5.69 Å². The van der Waals surface area contributed by atoms with Crippen LogP contribution in [-0.2, 0) is 9.53 Å². The molecule has 1 amide bonds. The maximum absolute atomic E-state index is 13.1. The number of ether oxygens (including phenoxy) is 1. The van der Waals surface area contributed by atoms with Gasteiger partial charge in [0.1, 0.15) is 5.76 Å². The van der Waals surface area contributed by atoms with Crippen molar-refractivity contribution < 1.29 is 13.9 Å². The van der Waals surface area contributed by atoms with Crippen LogP contribution in [0, 0.1) is 6.92 Å². The second-order valence-corrected chi connectivity index (χ2v) is 9.30. The molecule has 1 aromatic heterocycles. The van der Waals surface area contributed by atoms with Crippen LogP contribution in [-0.4, -0.2) is 36.2 Å².